The second-order valence-corrected chi connectivity index (χ2v) is 14.2. The number of rotatable bonds is 5. The molecule has 198 valence electrons. The van der Waals surface area contributed by atoms with Crippen LogP contribution in [0.3, 0.4) is 0 Å². The Kier molecular flexibility index (Phi) is 5.69. The highest BCUT2D eigenvalue weighted by Crippen LogP contribution is 2.87. The Labute approximate surface area is 211 Å². The fourth-order valence-electron chi connectivity index (χ4n) is 10.9. The van der Waals surface area contributed by atoms with Gasteiger partial charge < -0.3 is 20.8 Å². The zero-order valence-electron chi connectivity index (χ0n) is 22.9. The first-order chi connectivity index (χ1) is 16.3. The summed E-state index contributed by atoms with van der Waals surface area (Å²) < 4.78 is 0. The van der Waals surface area contributed by atoms with Gasteiger partial charge in [-0.3, -0.25) is 9.59 Å². The lowest BCUT2D eigenvalue weighted by Crippen LogP contribution is -2.64. The van der Waals surface area contributed by atoms with Gasteiger partial charge in [-0.1, -0.05) is 34.6 Å². The van der Waals surface area contributed by atoms with Crippen molar-refractivity contribution in [3.05, 3.63) is 0 Å². The highest BCUT2D eigenvalue weighted by atomic mass is 16.3. The van der Waals surface area contributed by atoms with E-state index >= 15 is 0 Å². The molecule has 5 saturated carbocycles. The van der Waals surface area contributed by atoms with Gasteiger partial charge in [-0.05, 0) is 80.6 Å². The van der Waals surface area contributed by atoms with Crippen molar-refractivity contribution in [1.29, 1.82) is 0 Å². The second kappa shape index (κ2) is 7.77. The van der Waals surface area contributed by atoms with Gasteiger partial charge in [-0.25, -0.2) is 0 Å². The number of ketones is 1. The molecule has 5 fully saturated rings. The lowest BCUT2D eigenvalue weighted by molar-refractivity contribution is -0.172. The van der Waals surface area contributed by atoms with Crippen LogP contribution in [0.25, 0.3) is 0 Å². The van der Waals surface area contributed by atoms with Crippen molar-refractivity contribution in [2.24, 2.45) is 50.7 Å². The lowest BCUT2D eigenvalue weighted by atomic mass is 9.41. The predicted molar refractivity (Wildman–Crippen MR) is 135 cm³/mol. The minimum absolute atomic E-state index is 0.0346. The van der Waals surface area contributed by atoms with E-state index in [0.717, 1.165) is 38.5 Å². The molecule has 0 aromatic carbocycles. The Morgan fingerprint density at radius 1 is 1.09 bits per heavy atom. The molecule has 1 amide bonds. The Hall–Kier alpha value is -0.980. The van der Waals surface area contributed by atoms with Crippen molar-refractivity contribution in [2.45, 2.75) is 105 Å². The molecular weight excluding hydrogens is 440 g/mol. The Balaban J connectivity index is 1.51. The molecule has 6 unspecified atom stereocenters. The molecule has 2 spiro atoms. The molecule has 11 atom stereocenters. The maximum atomic E-state index is 14.3. The monoisotopic (exact) mass is 488 g/mol. The number of aliphatic hydroxyl groups excluding tert-OH is 2. The topological polar surface area (TPSA) is 98.7 Å². The molecule has 0 aromatic heterocycles. The number of hydrogen-bond donors (Lipinski definition) is 4. The van der Waals surface area contributed by atoms with E-state index in [0.29, 0.717) is 12.2 Å². The number of carbonyl (C=O) groups is 2. The van der Waals surface area contributed by atoms with Gasteiger partial charge in [0.15, 0.2) is 0 Å². The molecule has 5 aliphatic carbocycles. The van der Waals surface area contributed by atoms with E-state index in [-0.39, 0.29) is 69.9 Å². The molecule has 35 heavy (non-hydrogen) atoms. The maximum Gasteiger partial charge on any atom is 0.222 e. The summed E-state index contributed by atoms with van der Waals surface area (Å²) in [7, 11) is 1.95. The lowest BCUT2D eigenvalue weighted by Gasteiger charge is -2.62. The minimum Gasteiger partial charge on any atom is -0.396 e. The summed E-state index contributed by atoms with van der Waals surface area (Å²) in [5.74, 6) is 0.960. The molecule has 4 N–H and O–H groups in total. The zero-order chi connectivity index (χ0) is 25.8. The van der Waals surface area contributed by atoms with Crippen LogP contribution < -0.4 is 10.6 Å². The van der Waals surface area contributed by atoms with Gasteiger partial charge >= 0.3 is 0 Å². The summed E-state index contributed by atoms with van der Waals surface area (Å²) in [6.07, 6.45) is 5.58. The molecule has 0 saturated heterocycles. The summed E-state index contributed by atoms with van der Waals surface area (Å²) >= 11 is 0. The van der Waals surface area contributed by atoms with E-state index in [1.165, 1.54) is 0 Å². The van der Waals surface area contributed by atoms with E-state index < -0.39 is 11.5 Å². The number of aliphatic hydroxyl groups is 2. The number of nitrogens with one attached hydrogen (secondary N) is 2. The number of Topliss-reactive ketones (excluding diaryl/α,β-unsaturated/α-hetero) is 1. The number of amides is 1. The summed E-state index contributed by atoms with van der Waals surface area (Å²) in [6, 6.07) is 0.0989. The average Bonchev–Trinajstić information content (AvgIpc) is 3.44. The van der Waals surface area contributed by atoms with Crippen LogP contribution in [-0.4, -0.2) is 53.7 Å². The first kappa shape index (κ1) is 25.7. The van der Waals surface area contributed by atoms with Crippen molar-refractivity contribution in [3.63, 3.8) is 0 Å². The molecule has 0 aliphatic heterocycles. The summed E-state index contributed by atoms with van der Waals surface area (Å²) in [4.78, 5) is 26.9. The Morgan fingerprint density at radius 3 is 2.34 bits per heavy atom. The van der Waals surface area contributed by atoms with Crippen LogP contribution in [0.2, 0.25) is 0 Å². The van der Waals surface area contributed by atoms with Crippen LogP contribution >= 0.6 is 0 Å². The largest absolute Gasteiger partial charge is 0.396 e. The smallest absolute Gasteiger partial charge is 0.222 e. The zero-order valence-corrected chi connectivity index (χ0v) is 22.9. The van der Waals surface area contributed by atoms with E-state index in [9.17, 15) is 19.8 Å². The van der Waals surface area contributed by atoms with E-state index in [4.69, 9.17) is 0 Å². The molecule has 6 nitrogen and oxygen atoms in total. The SMILES string of the molecule is CN[C@@H](C)C1[C@H](O)C[C@@]2(C)C3CC[C@@H]4C5(CCC(NC(=O)C(C)C)[C@@]4(C)CO)CC35C(=O)CC12C. The van der Waals surface area contributed by atoms with Gasteiger partial charge in [0.1, 0.15) is 5.78 Å². The molecular formula is C29H48N2O4. The molecule has 6 heteroatoms. The predicted octanol–water partition coefficient (Wildman–Crippen LogP) is 3.30. The van der Waals surface area contributed by atoms with Crippen molar-refractivity contribution in [3.8, 4) is 0 Å². The summed E-state index contributed by atoms with van der Waals surface area (Å²) in [6.45, 7) is 12.8. The third-order valence-corrected chi connectivity index (χ3v) is 12.9. The fourth-order valence-corrected chi connectivity index (χ4v) is 10.9. The Bertz CT molecular complexity index is 922. The third kappa shape index (κ3) is 2.88. The number of carbonyl (C=O) groups excluding carboxylic acids is 2. The summed E-state index contributed by atoms with van der Waals surface area (Å²) in [5, 5.41) is 28.7. The van der Waals surface area contributed by atoms with Gasteiger partial charge in [0.05, 0.1) is 12.7 Å². The second-order valence-electron chi connectivity index (χ2n) is 14.2. The molecule has 5 rings (SSSR count). The highest BCUT2D eigenvalue weighted by molar-refractivity contribution is 5.92. The highest BCUT2D eigenvalue weighted by Gasteiger charge is 2.86. The number of fused-ring (bicyclic) bond motifs is 2. The van der Waals surface area contributed by atoms with Crippen LogP contribution in [0, 0.1) is 50.7 Å². The van der Waals surface area contributed by atoms with Crippen LogP contribution in [0.1, 0.15) is 86.5 Å². The molecule has 5 aliphatic rings. The first-order valence-electron chi connectivity index (χ1n) is 14.1. The van der Waals surface area contributed by atoms with Gasteiger partial charge in [0.25, 0.3) is 0 Å². The molecule has 0 heterocycles. The van der Waals surface area contributed by atoms with Crippen LogP contribution in [0.5, 0.6) is 0 Å². The third-order valence-electron chi connectivity index (χ3n) is 12.9. The van der Waals surface area contributed by atoms with Gasteiger partial charge in [-0.15, -0.1) is 0 Å². The van der Waals surface area contributed by atoms with Crippen LogP contribution in [0.4, 0.5) is 0 Å². The molecule has 0 radical (unpaired) electrons. The van der Waals surface area contributed by atoms with Crippen molar-refractivity contribution >= 4 is 11.7 Å². The van der Waals surface area contributed by atoms with Crippen LogP contribution in [0.15, 0.2) is 0 Å². The van der Waals surface area contributed by atoms with Gasteiger partial charge in [0, 0.05) is 41.2 Å². The molecule has 0 aromatic rings. The quantitative estimate of drug-likeness (QED) is 0.476. The minimum atomic E-state index is -0.419. The normalized spacial score (nSPS) is 53.3. The van der Waals surface area contributed by atoms with E-state index in [1.54, 1.807) is 0 Å². The molecule has 0 bridgehead atoms. The van der Waals surface area contributed by atoms with Crippen LogP contribution in [-0.2, 0) is 9.59 Å². The van der Waals surface area contributed by atoms with Crippen molar-refractivity contribution in [1.82, 2.24) is 10.6 Å². The maximum absolute atomic E-state index is 14.3. The number of hydrogen-bond acceptors (Lipinski definition) is 5. The van der Waals surface area contributed by atoms with Crippen molar-refractivity contribution < 1.29 is 19.8 Å². The van der Waals surface area contributed by atoms with Gasteiger partial charge in [0.2, 0.25) is 5.91 Å². The Morgan fingerprint density at radius 2 is 1.74 bits per heavy atom. The van der Waals surface area contributed by atoms with E-state index in [2.05, 4.69) is 38.3 Å². The standard InChI is InChI=1S/C29H48N2O4/c1-16(2)24(35)31-21-10-11-28-14-29(28)20(9-8-19(28)25(21,4)15-32)26(5)12-18(33)23(17(3)30-7)27(26,6)13-22(29)34/h16-21,23,30,32-33H,8-15H2,1-7H3,(H,31,35)/t17-,18+,19-,20?,21?,23?,25-,26-,27?,28?,29?/m0/s1. The summed E-state index contributed by atoms with van der Waals surface area (Å²) in [5.41, 5.74) is -1.10. The van der Waals surface area contributed by atoms with Crippen molar-refractivity contribution in [2.75, 3.05) is 13.7 Å². The van der Waals surface area contributed by atoms with Gasteiger partial charge in [-0.2, -0.15) is 0 Å². The first-order valence-corrected chi connectivity index (χ1v) is 14.1. The fraction of sp³-hybridized carbons (Fsp3) is 0.931. The van der Waals surface area contributed by atoms with E-state index in [1.807, 2.05) is 20.9 Å². The average molecular weight is 489 g/mol.